The minimum absolute atomic E-state index is 0.549. The van der Waals surface area contributed by atoms with Crippen LogP contribution in [0.3, 0.4) is 0 Å². The van der Waals surface area contributed by atoms with Crippen LogP contribution in [0.4, 0.5) is 0 Å². The van der Waals surface area contributed by atoms with Gasteiger partial charge in [-0.25, -0.2) is 0 Å². The molecule has 14 aromatic carbocycles. The monoisotopic (exact) mass is 894 g/mol. The minimum atomic E-state index is -0.549. The van der Waals surface area contributed by atoms with Crippen molar-refractivity contribution in [3.05, 3.63) is 277 Å². The van der Waals surface area contributed by atoms with Gasteiger partial charge in [0.05, 0.1) is 5.41 Å². The van der Waals surface area contributed by atoms with Crippen molar-refractivity contribution in [3.63, 3.8) is 0 Å². The van der Waals surface area contributed by atoms with Crippen LogP contribution in [0.1, 0.15) is 22.3 Å². The van der Waals surface area contributed by atoms with Crippen LogP contribution >= 0.6 is 0 Å². The molecule has 1 spiro atoms. The van der Waals surface area contributed by atoms with Crippen molar-refractivity contribution < 1.29 is 0 Å². The van der Waals surface area contributed by atoms with E-state index in [1.807, 2.05) is 0 Å². The molecule has 0 N–H and O–H groups in total. The van der Waals surface area contributed by atoms with E-state index >= 15 is 0 Å². The summed E-state index contributed by atoms with van der Waals surface area (Å²) in [5.74, 6) is 0. The standard InChI is InChI=1S/C71H42/c1-2-19-44-40-48(37-36-43(44)18-1)66-58-31-10-8-29-56(58)65(57-30-9-11-32-59(57)66)47-21-17-20-45(41-47)46-38-39-61-62(42-46)51-24-4-7-28-55(51)68-67-54-27-6-3-22-49(54)50-23-5-12-33-60(50)69(67)71(70(61)68)63-34-15-13-25-52(63)53-26-14-16-35-64(53)71/h1-42H. The highest BCUT2D eigenvalue weighted by Gasteiger charge is 2.54. The summed E-state index contributed by atoms with van der Waals surface area (Å²) in [6, 6.07) is 96.2. The van der Waals surface area contributed by atoms with E-state index in [1.165, 1.54) is 153 Å². The van der Waals surface area contributed by atoms with Crippen LogP contribution in [0.2, 0.25) is 0 Å². The SMILES string of the molecule is c1cc(-c2ccc3c4c(c5ccccc5c3c2)-c2c(c3ccccc3c3ccccc23)C42c3ccccc3-c3ccccc32)cc(-c2c3ccccc3c(-c3ccc4ccccc4c3)c3ccccc23)c1. The normalized spacial score (nSPS) is 13.2. The second-order valence-electron chi connectivity index (χ2n) is 19.7. The molecule has 2 aliphatic rings. The molecule has 0 unspecified atom stereocenters. The topological polar surface area (TPSA) is 0 Å². The molecule has 0 atom stereocenters. The van der Waals surface area contributed by atoms with Crippen LogP contribution in [0.5, 0.6) is 0 Å². The molecule has 2 aliphatic carbocycles. The Morgan fingerprint density at radius 2 is 0.577 bits per heavy atom. The van der Waals surface area contributed by atoms with Crippen LogP contribution < -0.4 is 0 Å². The summed E-state index contributed by atoms with van der Waals surface area (Å²) in [5.41, 5.74) is 17.7. The molecule has 0 bridgehead atoms. The van der Waals surface area contributed by atoms with Crippen LogP contribution in [0.25, 0.3) is 131 Å². The molecule has 14 aromatic rings. The summed E-state index contributed by atoms with van der Waals surface area (Å²) in [7, 11) is 0. The maximum Gasteiger partial charge on any atom is 0.0738 e. The van der Waals surface area contributed by atoms with Crippen molar-refractivity contribution in [1.29, 1.82) is 0 Å². The van der Waals surface area contributed by atoms with Gasteiger partial charge in [0.1, 0.15) is 0 Å². The van der Waals surface area contributed by atoms with E-state index in [0.29, 0.717) is 0 Å². The van der Waals surface area contributed by atoms with Crippen molar-refractivity contribution in [1.82, 2.24) is 0 Å². The first-order valence-electron chi connectivity index (χ1n) is 24.9. The number of benzene rings is 14. The molecule has 0 nitrogen and oxygen atoms in total. The van der Waals surface area contributed by atoms with E-state index in [2.05, 4.69) is 255 Å². The fraction of sp³-hybridized carbons (Fsp3) is 0.0141. The van der Waals surface area contributed by atoms with E-state index in [-0.39, 0.29) is 0 Å². The Labute approximate surface area is 411 Å². The molecule has 0 heterocycles. The summed E-state index contributed by atoms with van der Waals surface area (Å²) in [6.07, 6.45) is 0. The number of fused-ring (bicyclic) bond motifs is 23. The van der Waals surface area contributed by atoms with Gasteiger partial charge in [-0.15, -0.1) is 0 Å². The molecule has 326 valence electrons. The highest BCUT2D eigenvalue weighted by atomic mass is 14.5. The summed E-state index contributed by atoms with van der Waals surface area (Å²) in [5, 5.41) is 17.9. The molecule has 0 saturated carbocycles. The molecule has 16 rings (SSSR count). The van der Waals surface area contributed by atoms with E-state index in [1.54, 1.807) is 0 Å². The van der Waals surface area contributed by atoms with Crippen LogP contribution in [-0.4, -0.2) is 0 Å². The Balaban J connectivity index is 0.969. The Kier molecular flexibility index (Phi) is 7.91. The predicted octanol–water partition coefficient (Wildman–Crippen LogP) is 19.1. The lowest BCUT2D eigenvalue weighted by Crippen LogP contribution is -2.26. The average Bonchev–Trinajstić information content (AvgIpc) is 3.94. The van der Waals surface area contributed by atoms with Gasteiger partial charge in [0.15, 0.2) is 0 Å². The molecule has 71 heavy (non-hydrogen) atoms. The second-order valence-corrected chi connectivity index (χ2v) is 19.7. The highest BCUT2D eigenvalue weighted by molar-refractivity contribution is 6.28. The zero-order valence-corrected chi connectivity index (χ0v) is 38.7. The van der Waals surface area contributed by atoms with Gasteiger partial charge in [0, 0.05) is 0 Å². The summed E-state index contributed by atoms with van der Waals surface area (Å²) < 4.78 is 0. The molecule has 0 fully saturated rings. The van der Waals surface area contributed by atoms with Gasteiger partial charge in [-0.05, 0) is 171 Å². The second kappa shape index (κ2) is 14.5. The van der Waals surface area contributed by atoms with Crippen molar-refractivity contribution in [2.24, 2.45) is 0 Å². The van der Waals surface area contributed by atoms with Crippen LogP contribution in [-0.2, 0) is 5.41 Å². The Morgan fingerprint density at radius 1 is 0.197 bits per heavy atom. The van der Waals surface area contributed by atoms with Gasteiger partial charge in [-0.2, -0.15) is 0 Å². The third-order valence-corrected chi connectivity index (χ3v) is 16.4. The number of hydrogen-bond donors (Lipinski definition) is 0. The third-order valence-electron chi connectivity index (χ3n) is 16.4. The van der Waals surface area contributed by atoms with Crippen molar-refractivity contribution in [2.45, 2.75) is 5.41 Å². The lowest BCUT2D eigenvalue weighted by Gasteiger charge is -2.33. The maximum absolute atomic E-state index is 2.50. The van der Waals surface area contributed by atoms with Crippen molar-refractivity contribution in [2.75, 3.05) is 0 Å². The van der Waals surface area contributed by atoms with Gasteiger partial charge in [0.2, 0.25) is 0 Å². The fourth-order valence-electron chi connectivity index (χ4n) is 13.7. The molecule has 0 aliphatic heterocycles. The molecule has 0 amide bonds. The third kappa shape index (κ3) is 5.13. The van der Waals surface area contributed by atoms with Crippen molar-refractivity contribution in [3.8, 4) is 55.6 Å². The van der Waals surface area contributed by atoms with E-state index in [9.17, 15) is 0 Å². The van der Waals surface area contributed by atoms with Crippen LogP contribution in [0.15, 0.2) is 255 Å². The first-order valence-corrected chi connectivity index (χ1v) is 24.9. The van der Waals surface area contributed by atoms with E-state index < -0.39 is 5.41 Å². The molecule has 0 aromatic heterocycles. The van der Waals surface area contributed by atoms with Gasteiger partial charge in [-0.3, -0.25) is 0 Å². The van der Waals surface area contributed by atoms with Gasteiger partial charge < -0.3 is 0 Å². The summed E-state index contributed by atoms with van der Waals surface area (Å²) in [6.45, 7) is 0. The Bertz CT molecular complexity index is 4540. The smallest absolute Gasteiger partial charge is 0.0619 e. The first kappa shape index (κ1) is 38.8. The molecule has 0 saturated heterocycles. The molecule has 0 heteroatoms. The molecular formula is C71H42. The zero-order chi connectivity index (χ0) is 46.4. The van der Waals surface area contributed by atoms with Gasteiger partial charge >= 0.3 is 0 Å². The number of hydrogen-bond acceptors (Lipinski definition) is 0. The maximum atomic E-state index is 2.50. The number of rotatable bonds is 3. The summed E-state index contributed by atoms with van der Waals surface area (Å²) in [4.78, 5) is 0. The molecular weight excluding hydrogens is 853 g/mol. The first-order chi connectivity index (χ1) is 35.3. The van der Waals surface area contributed by atoms with Gasteiger partial charge in [0.25, 0.3) is 0 Å². The van der Waals surface area contributed by atoms with Crippen molar-refractivity contribution >= 4 is 75.4 Å². The Hall–Kier alpha value is -9.10. The van der Waals surface area contributed by atoms with E-state index in [0.717, 1.165) is 0 Å². The zero-order valence-electron chi connectivity index (χ0n) is 38.7. The lowest BCUT2D eigenvalue weighted by molar-refractivity contribution is 0.810. The predicted molar refractivity (Wildman–Crippen MR) is 302 cm³/mol. The highest BCUT2D eigenvalue weighted by Crippen LogP contribution is 2.68. The summed E-state index contributed by atoms with van der Waals surface area (Å²) >= 11 is 0. The largest absolute Gasteiger partial charge is 0.0738 e. The molecule has 0 radical (unpaired) electrons. The fourth-order valence-corrected chi connectivity index (χ4v) is 13.7. The van der Waals surface area contributed by atoms with E-state index in [4.69, 9.17) is 0 Å². The quantitative estimate of drug-likeness (QED) is 0.122. The minimum Gasteiger partial charge on any atom is -0.0619 e. The van der Waals surface area contributed by atoms with Crippen LogP contribution in [0, 0.1) is 0 Å². The average molecular weight is 895 g/mol. The lowest BCUT2D eigenvalue weighted by atomic mass is 9.68. The van der Waals surface area contributed by atoms with Gasteiger partial charge in [-0.1, -0.05) is 237 Å². The Morgan fingerprint density at radius 3 is 1.15 bits per heavy atom.